The van der Waals surface area contributed by atoms with Crippen LogP contribution in [-0.2, 0) is 21.0 Å². The number of alkyl halides is 3. The van der Waals surface area contributed by atoms with Crippen molar-refractivity contribution in [3.05, 3.63) is 29.3 Å². The minimum atomic E-state index is -4.42. The molecule has 1 aromatic carbocycles. The topological polar surface area (TPSA) is 75.3 Å². The van der Waals surface area contributed by atoms with Crippen LogP contribution in [0.2, 0.25) is 0 Å². The number of halogens is 3. The molecule has 1 fully saturated rings. The van der Waals surface area contributed by atoms with E-state index in [-0.39, 0.29) is 17.9 Å². The standard InChI is InChI=1S/C18H25F3N2O3S/c1-11(2)27(25,26)23-15-7-4-13(5-8-15)17(24)22-16-9-6-14(10-12(16)3)18(19,20)21/h6,9-11,13,15,23H,4-5,7-8H2,1-3H3,(H,22,24). The maximum absolute atomic E-state index is 12.7. The fourth-order valence-electron chi connectivity index (χ4n) is 3.06. The molecule has 5 nitrogen and oxygen atoms in total. The largest absolute Gasteiger partial charge is 0.416 e. The van der Waals surface area contributed by atoms with Gasteiger partial charge in [0.05, 0.1) is 10.8 Å². The number of carbonyl (C=O) groups is 1. The van der Waals surface area contributed by atoms with E-state index in [0.29, 0.717) is 36.9 Å². The molecule has 1 amide bonds. The fraction of sp³-hybridized carbons (Fsp3) is 0.611. The summed E-state index contributed by atoms with van der Waals surface area (Å²) < 4.78 is 64.7. The zero-order chi connectivity index (χ0) is 20.4. The van der Waals surface area contributed by atoms with Gasteiger partial charge in [-0.2, -0.15) is 13.2 Å². The van der Waals surface area contributed by atoms with Crippen molar-refractivity contribution in [3.8, 4) is 0 Å². The van der Waals surface area contributed by atoms with Gasteiger partial charge in [0.2, 0.25) is 15.9 Å². The molecule has 2 rings (SSSR count). The number of carbonyl (C=O) groups excluding carboxylic acids is 1. The van der Waals surface area contributed by atoms with Crippen LogP contribution < -0.4 is 10.0 Å². The molecule has 152 valence electrons. The molecule has 0 unspecified atom stereocenters. The average molecular weight is 406 g/mol. The van der Waals surface area contributed by atoms with Crippen molar-refractivity contribution in [2.75, 3.05) is 5.32 Å². The van der Waals surface area contributed by atoms with Crippen molar-refractivity contribution in [1.29, 1.82) is 0 Å². The minimum Gasteiger partial charge on any atom is -0.326 e. The van der Waals surface area contributed by atoms with Crippen LogP contribution in [0.3, 0.4) is 0 Å². The second-order valence-electron chi connectivity index (χ2n) is 7.28. The van der Waals surface area contributed by atoms with E-state index in [2.05, 4.69) is 10.0 Å². The van der Waals surface area contributed by atoms with Crippen molar-refractivity contribution >= 4 is 21.6 Å². The Balaban J connectivity index is 1.93. The van der Waals surface area contributed by atoms with Crippen molar-refractivity contribution < 1.29 is 26.4 Å². The molecule has 1 aliphatic rings. The molecule has 0 atom stereocenters. The lowest BCUT2D eigenvalue weighted by molar-refractivity contribution is -0.137. The second kappa shape index (κ2) is 8.18. The zero-order valence-corrected chi connectivity index (χ0v) is 16.4. The lowest BCUT2D eigenvalue weighted by Gasteiger charge is -2.29. The molecule has 0 spiro atoms. The van der Waals surface area contributed by atoms with E-state index in [1.807, 2.05) is 0 Å². The van der Waals surface area contributed by atoms with Gasteiger partial charge >= 0.3 is 6.18 Å². The van der Waals surface area contributed by atoms with Crippen LogP contribution >= 0.6 is 0 Å². The van der Waals surface area contributed by atoms with Gasteiger partial charge in [-0.05, 0) is 70.2 Å². The molecule has 0 radical (unpaired) electrons. The number of benzene rings is 1. The third-order valence-electron chi connectivity index (χ3n) is 4.86. The molecule has 0 aliphatic heterocycles. The average Bonchev–Trinajstić information content (AvgIpc) is 2.55. The minimum absolute atomic E-state index is 0.186. The molecule has 1 saturated carbocycles. The third kappa shape index (κ3) is 5.68. The quantitative estimate of drug-likeness (QED) is 0.780. The zero-order valence-electron chi connectivity index (χ0n) is 15.6. The van der Waals surface area contributed by atoms with Crippen LogP contribution in [0.25, 0.3) is 0 Å². The molecule has 27 heavy (non-hydrogen) atoms. The first-order chi connectivity index (χ1) is 12.4. The SMILES string of the molecule is Cc1cc(C(F)(F)F)ccc1NC(=O)C1CCC(NS(=O)(=O)C(C)C)CC1. The third-order valence-corrected chi connectivity index (χ3v) is 6.76. The first-order valence-corrected chi connectivity index (χ1v) is 10.4. The molecular formula is C18H25F3N2O3S. The van der Waals surface area contributed by atoms with Gasteiger partial charge in [0.1, 0.15) is 0 Å². The van der Waals surface area contributed by atoms with Crippen molar-refractivity contribution in [2.45, 2.75) is 63.9 Å². The molecule has 0 aromatic heterocycles. The Labute approximate surface area is 157 Å². The van der Waals surface area contributed by atoms with Crippen molar-refractivity contribution in [1.82, 2.24) is 4.72 Å². The van der Waals surface area contributed by atoms with Crippen LogP contribution in [0, 0.1) is 12.8 Å². The van der Waals surface area contributed by atoms with Gasteiger partial charge in [-0.1, -0.05) is 0 Å². The van der Waals surface area contributed by atoms with Gasteiger partial charge in [-0.3, -0.25) is 4.79 Å². The maximum Gasteiger partial charge on any atom is 0.416 e. The molecule has 9 heteroatoms. The van der Waals surface area contributed by atoms with E-state index in [9.17, 15) is 26.4 Å². The van der Waals surface area contributed by atoms with Gasteiger partial charge in [0, 0.05) is 17.6 Å². The molecule has 0 heterocycles. The first-order valence-electron chi connectivity index (χ1n) is 8.90. The highest BCUT2D eigenvalue weighted by Crippen LogP contribution is 2.32. The number of sulfonamides is 1. The summed E-state index contributed by atoms with van der Waals surface area (Å²) in [6.45, 7) is 4.73. The summed E-state index contributed by atoms with van der Waals surface area (Å²) in [7, 11) is -3.35. The molecule has 2 N–H and O–H groups in total. The highest BCUT2D eigenvalue weighted by Gasteiger charge is 2.32. The Kier molecular flexibility index (Phi) is 6.57. The number of nitrogens with one attached hydrogen (secondary N) is 2. The molecule has 1 aliphatic carbocycles. The van der Waals surface area contributed by atoms with E-state index in [1.54, 1.807) is 13.8 Å². The highest BCUT2D eigenvalue weighted by atomic mass is 32.2. The number of rotatable bonds is 5. The summed E-state index contributed by atoms with van der Waals surface area (Å²) in [4.78, 5) is 12.4. The number of hydrogen-bond donors (Lipinski definition) is 2. The van der Waals surface area contributed by atoms with Gasteiger partial charge in [-0.25, -0.2) is 13.1 Å². The van der Waals surface area contributed by atoms with E-state index >= 15 is 0 Å². The normalized spacial score (nSPS) is 21.3. The van der Waals surface area contributed by atoms with Gasteiger partial charge in [0.15, 0.2) is 0 Å². The lowest BCUT2D eigenvalue weighted by atomic mass is 9.86. The monoisotopic (exact) mass is 406 g/mol. The predicted molar refractivity (Wildman–Crippen MR) is 97.7 cm³/mol. The Hall–Kier alpha value is -1.61. The number of aryl methyl sites for hydroxylation is 1. The molecule has 0 bridgehead atoms. The van der Waals surface area contributed by atoms with Crippen LogP contribution in [0.15, 0.2) is 18.2 Å². The van der Waals surface area contributed by atoms with E-state index in [0.717, 1.165) is 12.1 Å². The summed E-state index contributed by atoms with van der Waals surface area (Å²) in [6, 6.07) is 3.03. The molecule has 1 aromatic rings. The Morgan fingerprint density at radius 1 is 1.15 bits per heavy atom. The molecular weight excluding hydrogens is 381 g/mol. The maximum atomic E-state index is 12.7. The summed E-state index contributed by atoms with van der Waals surface area (Å²) in [5.74, 6) is -0.533. The fourth-order valence-corrected chi connectivity index (χ4v) is 4.03. The smallest absolute Gasteiger partial charge is 0.326 e. The summed E-state index contributed by atoms with van der Waals surface area (Å²) in [6.07, 6.45) is -2.27. The number of hydrogen-bond acceptors (Lipinski definition) is 3. The van der Waals surface area contributed by atoms with E-state index < -0.39 is 27.0 Å². The summed E-state index contributed by atoms with van der Waals surface area (Å²) in [5, 5.41) is 2.18. The number of anilines is 1. The predicted octanol–water partition coefficient (Wildman–Crippen LogP) is 3.84. The van der Waals surface area contributed by atoms with E-state index in [1.165, 1.54) is 13.0 Å². The van der Waals surface area contributed by atoms with Crippen molar-refractivity contribution in [3.63, 3.8) is 0 Å². The highest BCUT2D eigenvalue weighted by molar-refractivity contribution is 7.90. The van der Waals surface area contributed by atoms with Gasteiger partial charge < -0.3 is 5.32 Å². The van der Waals surface area contributed by atoms with Gasteiger partial charge in [0.25, 0.3) is 0 Å². The van der Waals surface area contributed by atoms with Crippen LogP contribution in [0.1, 0.15) is 50.7 Å². The second-order valence-corrected chi connectivity index (χ2v) is 9.55. The van der Waals surface area contributed by atoms with Crippen LogP contribution in [0.5, 0.6) is 0 Å². The number of amides is 1. The Bertz CT molecular complexity index is 784. The summed E-state index contributed by atoms with van der Waals surface area (Å²) >= 11 is 0. The van der Waals surface area contributed by atoms with Crippen LogP contribution in [-0.4, -0.2) is 25.6 Å². The van der Waals surface area contributed by atoms with Crippen molar-refractivity contribution in [2.24, 2.45) is 5.92 Å². The lowest BCUT2D eigenvalue weighted by Crippen LogP contribution is -2.42. The first kappa shape index (κ1) is 21.7. The molecule has 0 saturated heterocycles. The summed E-state index contributed by atoms with van der Waals surface area (Å²) in [5.41, 5.74) is -0.0527. The Morgan fingerprint density at radius 3 is 2.22 bits per heavy atom. The van der Waals surface area contributed by atoms with Gasteiger partial charge in [-0.15, -0.1) is 0 Å². The van der Waals surface area contributed by atoms with E-state index in [4.69, 9.17) is 0 Å². The van der Waals surface area contributed by atoms with Crippen LogP contribution in [0.4, 0.5) is 18.9 Å². The Morgan fingerprint density at radius 2 is 1.74 bits per heavy atom.